The molecule has 1 saturated heterocycles. The van der Waals surface area contributed by atoms with Crippen molar-refractivity contribution in [1.29, 1.82) is 0 Å². The number of hydrogen-bond acceptors (Lipinski definition) is 5. The number of piperazine rings is 1. The molecular weight excluding hydrogens is 462 g/mol. The van der Waals surface area contributed by atoms with Crippen LogP contribution >= 0.6 is 0 Å². The molecule has 3 aromatic rings. The molecule has 0 radical (unpaired) electrons. The number of aliphatic imine (C=N–C) groups is 1. The third kappa shape index (κ3) is 5.57. The van der Waals surface area contributed by atoms with Gasteiger partial charge in [0.25, 0.3) is 11.8 Å². The summed E-state index contributed by atoms with van der Waals surface area (Å²) in [4.78, 5) is 32.8. The van der Waals surface area contributed by atoms with Crippen LogP contribution in [0.1, 0.15) is 64.2 Å². The van der Waals surface area contributed by atoms with Crippen LogP contribution in [0.3, 0.4) is 0 Å². The van der Waals surface area contributed by atoms with Crippen molar-refractivity contribution < 1.29 is 9.59 Å². The van der Waals surface area contributed by atoms with E-state index in [0.29, 0.717) is 35.6 Å². The molecule has 1 unspecified atom stereocenters. The van der Waals surface area contributed by atoms with Crippen LogP contribution in [0, 0.1) is 0 Å². The summed E-state index contributed by atoms with van der Waals surface area (Å²) in [5.41, 5.74) is 5.03. The largest absolute Gasteiger partial charge is 0.368 e. The lowest BCUT2D eigenvalue weighted by Gasteiger charge is -2.37. The Labute approximate surface area is 218 Å². The highest BCUT2D eigenvalue weighted by Crippen LogP contribution is 2.22. The summed E-state index contributed by atoms with van der Waals surface area (Å²) >= 11 is 0. The maximum Gasteiger partial charge on any atom is 0.256 e. The summed E-state index contributed by atoms with van der Waals surface area (Å²) in [7, 11) is 0. The maximum atomic E-state index is 13.0. The molecule has 2 amide bonds. The molecule has 0 spiro atoms. The van der Waals surface area contributed by atoms with Gasteiger partial charge in [0.15, 0.2) is 0 Å². The lowest BCUT2D eigenvalue weighted by atomic mass is 10.0. The number of amidine groups is 1. The minimum absolute atomic E-state index is 0.120. The predicted molar refractivity (Wildman–Crippen MR) is 147 cm³/mol. The molecule has 0 aromatic heterocycles. The number of anilines is 1. The van der Waals surface area contributed by atoms with Gasteiger partial charge in [-0.1, -0.05) is 36.4 Å². The molecule has 3 atom stereocenters. The Morgan fingerprint density at radius 2 is 1.59 bits per heavy atom. The summed E-state index contributed by atoms with van der Waals surface area (Å²) in [5.74, 6) is 0.121. The van der Waals surface area contributed by atoms with Gasteiger partial charge in [-0.25, -0.2) is 0 Å². The van der Waals surface area contributed by atoms with Crippen molar-refractivity contribution in [3.05, 3.63) is 101 Å². The number of nitrogens with one attached hydrogen (secondary N) is 3. The first-order valence-electron chi connectivity index (χ1n) is 12.8. The standard InChI is InChI=1S/C30H33N5O2/c1-19-17-35(18-20(2)32-19)26-13-11-23(12-14-26)29(36)34-28-27-15-24(9-10-25(27)16-31-28)30(37)33-21(3)22-7-5-4-6-8-22/h4-15,19-21,32H,16-18H2,1-3H3,(H,33,37)(H,31,34,36)/t19-,20+,21?. The van der Waals surface area contributed by atoms with Gasteiger partial charge in [-0.2, -0.15) is 0 Å². The predicted octanol–water partition coefficient (Wildman–Crippen LogP) is 4.05. The summed E-state index contributed by atoms with van der Waals surface area (Å²) < 4.78 is 0. The second-order valence-corrected chi connectivity index (χ2v) is 10.0. The first kappa shape index (κ1) is 24.7. The number of rotatable bonds is 5. The molecular formula is C30H33N5O2. The molecule has 5 rings (SSSR count). The number of carbonyl (C=O) groups is 2. The van der Waals surface area contributed by atoms with E-state index >= 15 is 0 Å². The van der Waals surface area contributed by atoms with Gasteiger partial charge >= 0.3 is 0 Å². The van der Waals surface area contributed by atoms with Crippen LogP contribution in [0.5, 0.6) is 0 Å². The van der Waals surface area contributed by atoms with Gasteiger partial charge < -0.3 is 20.9 Å². The van der Waals surface area contributed by atoms with Crippen LogP contribution in [-0.4, -0.2) is 42.8 Å². The Morgan fingerprint density at radius 1 is 0.919 bits per heavy atom. The van der Waals surface area contributed by atoms with Gasteiger partial charge in [-0.05, 0) is 68.3 Å². The lowest BCUT2D eigenvalue weighted by Crippen LogP contribution is -2.54. The number of fused-ring (bicyclic) bond motifs is 1. The molecule has 0 bridgehead atoms. The van der Waals surface area contributed by atoms with Crippen LogP contribution in [-0.2, 0) is 6.54 Å². The van der Waals surface area contributed by atoms with Gasteiger partial charge in [0.1, 0.15) is 5.84 Å². The van der Waals surface area contributed by atoms with Crippen molar-refractivity contribution in [1.82, 2.24) is 16.0 Å². The minimum atomic E-state index is -0.215. The minimum Gasteiger partial charge on any atom is -0.368 e. The SMILES string of the molecule is CC(NC(=O)c1ccc2c(c1)C(NC(=O)c1ccc(N3C[C@@H](C)N[C@@H](C)C3)cc1)=NC2)c1ccccc1. The summed E-state index contributed by atoms with van der Waals surface area (Å²) in [6.45, 7) is 8.67. The van der Waals surface area contributed by atoms with Gasteiger partial charge in [0, 0.05) is 47.6 Å². The molecule has 7 heteroatoms. The number of amides is 2. The highest BCUT2D eigenvalue weighted by molar-refractivity contribution is 6.15. The van der Waals surface area contributed by atoms with Crippen molar-refractivity contribution in [3.63, 3.8) is 0 Å². The molecule has 1 fully saturated rings. The number of benzene rings is 3. The Hall–Kier alpha value is -3.97. The molecule has 0 saturated carbocycles. The van der Waals surface area contributed by atoms with Crippen LogP contribution in [0.4, 0.5) is 5.69 Å². The molecule has 0 aliphatic carbocycles. The van der Waals surface area contributed by atoms with E-state index in [1.807, 2.05) is 79.7 Å². The van der Waals surface area contributed by atoms with Crippen molar-refractivity contribution in [2.75, 3.05) is 18.0 Å². The Balaban J connectivity index is 1.25. The normalized spacial score (nSPS) is 19.5. The topological polar surface area (TPSA) is 85.8 Å². The molecule has 37 heavy (non-hydrogen) atoms. The fourth-order valence-corrected chi connectivity index (χ4v) is 5.08. The van der Waals surface area contributed by atoms with Crippen molar-refractivity contribution in [2.45, 2.75) is 45.4 Å². The molecule has 2 aliphatic heterocycles. The smallest absolute Gasteiger partial charge is 0.256 e. The zero-order valence-corrected chi connectivity index (χ0v) is 21.5. The second-order valence-electron chi connectivity index (χ2n) is 10.0. The molecule has 190 valence electrons. The Kier molecular flexibility index (Phi) is 7.06. The third-order valence-corrected chi connectivity index (χ3v) is 6.97. The van der Waals surface area contributed by atoms with E-state index in [4.69, 9.17) is 0 Å². The fourth-order valence-electron chi connectivity index (χ4n) is 5.08. The molecule has 7 nitrogen and oxygen atoms in total. The van der Waals surface area contributed by atoms with Gasteiger partial charge in [-0.3, -0.25) is 14.6 Å². The fraction of sp³-hybridized carbons (Fsp3) is 0.300. The second kappa shape index (κ2) is 10.6. The monoisotopic (exact) mass is 495 g/mol. The van der Waals surface area contributed by atoms with Gasteiger partial charge in [-0.15, -0.1) is 0 Å². The van der Waals surface area contributed by atoms with E-state index in [1.165, 1.54) is 0 Å². The Morgan fingerprint density at radius 3 is 2.30 bits per heavy atom. The van der Waals surface area contributed by atoms with Gasteiger partial charge in [0.2, 0.25) is 0 Å². The quantitative estimate of drug-likeness (QED) is 0.499. The first-order chi connectivity index (χ1) is 17.9. The van der Waals surface area contributed by atoms with Crippen molar-refractivity contribution >= 4 is 23.3 Å². The zero-order chi connectivity index (χ0) is 25.9. The Bertz CT molecular complexity index is 1310. The molecule has 3 aromatic carbocycles. The summed E-state index contributed by atoms with van der Waals surface area (Å²) in [5, 5.41) is 9.54. The number of carbonyl (C=O) groups excluding carboxylic acids is 2. The molecule has 3 N–H and O–H groups in total. The van der Waals surface area contributed by atoms with E-state index in [9.17, 15) is 9.59 Å². The van der Waals surface area contributed by atoms with Crippen LogP contribution in [0.25, 0.3) is 0 Å². The van der Waals surface area contributed by atoms with E-state index in [-0.39, 0.29) is 17.9 Å². The average molecular weight is 496 g/mol. The van der Waals surface area contributed by atoms with Crippen LogP contribution in [0.2, 0.25) is 0 Å². The van der Waals surface area contributed by atoms with Crippen LogP contribution in [0.15, 0.2) is 77.8 Å². The highest BCUT2D eigenvalue weighted by atomic mass is 16.2. The lowest BCUT2D eigenvalue weighted by molar-refractivity contribution is 0.0938. The van der Waals surface area contributed by atoms with Gasteiger partial charge in [0.05, 0.1) is 12.6 Å². The summed E-state index contributed by atoms with van der Waals surface area (Å²) in [6, 6.07) is 23.8. The number of hydrogen-bond donors (Lipinski definition) is 3. The zero-order valence-electron chi connectivity index (χ0n) is 21.5. The molecule has 2 aliphatic rings. The van der Waals surface area contributed by atoms with E-state index in [1.54, 1.807) is 0 Å². The first-order valence-corrected chi connectivity index (χ1v) is 12.8. The maximum absolute atomic E-state index is 13.0. The van der Waals surface area contributed by atoms with Crippen molar-refractivity contribution in [3.8, 4) is 0 Å². The average Bonchev–Trinajstić information content (AvgIpc) is 3.30. The summed E-state index contributed by atoms with van der Waals surface area (Å²) in [6.07, 6.45) is 0. The number of nitrogens with zero attached hydrogens (tertiary/aromatic N) is 2. The third-order valence-electron chi connectivity index (χ3n) is 6.97. The van der Waals surface area contributed by atoms with E-state index in [2.05, 4.69) is 39.7 Å². The van der Waals surface area contributed by atoms with E-state index in [0.717, 1.165) is 35.5 Å². The highest BCUT2D eigenvalue weighted by Gasteiger charge is 2.23. The van der Waals surface area contributed by atoms with E-state index < -0.39 is 0 Å². The molecule has 2 heterocycles. The van der Waals surface area contributed by atoms with Crippen LogP contribution < -0.4 is 20.9 Å². The van der Waals surface area contributed by atoms with Crippen molar-refractivity contribution in [2.24, 2.45) is 4.99 Å².